The maximum atomic E-state index is 13.1. The molecule has 0 aliphatic rings. The van der Waals surface area contributed by atoms with Crippen molar-refractivity contribution in [2.24, 2.45) is 0 Å². The van der Waals surface area contributed by atoms with Crippen molar-refractivity contribution in [1.29, 1.82) is 0 Å². The fourth-order valence-electron chi connectivity index (χ4n) is 2.82. The van der Waals surface area contributed by atoms with Crippen LogP contribution < -0.4 is 4.40 Å². The number of hydrogen-bond donors (Lipinski definition) is 1. The van der Waals surface area contributed by atoms with Crippen LogP contribution in [0.3, 0.4) is 0 Å². The lowest BCUT2D eigenvalue weighted by Crippen LogP contribution is -2.19. The summed E-state index contributed by atoms with van der Waals surface area (Å²) < 4.78 is 3.76. The van der Waals surface area contributed by atoms with E-state index >= 15 is 0 Å². The van der Waals surface area contributed by atoms with Gasteiger partial charge in [0.15, 0.2) is 4.47 Å². The van der Waals surface area contributed by atoms with Gasteiger partial charge in [0.1, 0.15) is 6.54 Å². The van der Waals surface area contributed by atoms with Gasteiger partial charge in [-0.05, 0) is 30.3 Å². The standard InChI is InChI=1S/C18H11Cl2N3O2S/c19-12-6-4-11(5-7-12)16(24)15-17(25)22-8-2-1-3-14(22)23(15)10-13-9-21-18(20)26-13/h1-9H,10H2/p+1. The quantitative estimate of drug-likeness (QED) is 0.413. The second kappa shape index (κ2) is 6.72. The average molecular weight is 405 g/mol. The highest BCUT2D eigenvalue weighted by molar-refractivity contribution is 7.15. The van der Waals surface area contributed by atoms with Crippen molar-refractivity contribution in [2.45, 2.75) is 6.54 Å². The third kappa shape index (κ3) is 2.96. The summed E-state index contributed by atoms with van der Waals surface area (Å²) in [7, 11) is 0. The molecule has 3 aromatic heterocycles. The van der Waals surface area contributed by atoms with Gasteiger partial charge in [-0.25, -0.2) is 9.55 Å². The molecule has 0 unspecified atom stereocenters. The zero-order valence-electron chi connectivity index (χ0n) is 13.3. The number of halogens is 2. The van der Waals surface area contributed by atoms with E-state index in [1.165, 1.54) is 11.3 Å². The summed E-state index contributed by atoms with van der Waals surface area (Å²) in [5.74, 6) is -0.408. The van der Waals surface area contributed by atoms with E-state index in [1.807, 2.05) is 12.1 Å². The van der Waals surface area contributed by atoms with E-state index in [2.05, 4.69) is 4.98 Å². The van der Waals surface area contributed by atoms with Gasteiger partial charge in [-0.2, -0.15) is 4.40 Å². The van der Waals surface area contributed by atoms with E-state index in [0.29, 0.717) is 27.2 Å². The van der Waals surface area contributed by atoms with Crippen LogP contribution in [0, 0.1) is 0 Å². The molecule has 1 N–H and O–H groups in total. The minimum absolute atomic E-state index is 0.115. The lowest BCUT2D eigenvalue weighted by molar-refractivity contribution is -0.521. The van der Waals surface area contributed by atoms with Crippen LogP contribution >= 0.6 is 34.5 Å². The molecule has 0 atom stereocenters. The van der Waals surface area contributed by atoms with Crippen LogP contribution in [-0.2, 0) is 6.54 Å². The van der Waals surface area contributed by atoms with Gasteiger partial charge in [0.05, 0.1) is 11.1 Å². The third-order valence-electron chi connectivity index (χ3n) is 3.99. The Balaban J connectivity index is 1.89. The van der Waals surface area contributed by atoms with Crippen LogP contribution in [0.1, 0.15) is 20.9 Å². The van der Waals surface area contributed by atoms with Crippen LogP contribution in [0.15, 0.2) is 54.9 Å². The van der Waals surface area contributed by atoms with Crippen molar-refractivity contribution in [3.8, 4) is 5.88 Å². The summed E-state index contributed by atoms with van der Waals surface area (Å²) in [4.78, 5) is 18.0. The third-order valence-corrected chi connectivity index (χ3v) is 5.34. The number of imidazole rings is 1. The number of carbonyl (C=O) groups excluding carboxylic acids is 1. The molecule has 0 aliphatic carbocycles. The largest absolute Gasteiger partial charge is 0.474 e. The molecule has 3 heterocycles. The Morgan fingerprint density at radius 1 is 1.19 bits per heavy atom. The first-order chi connectivity index (χ1) is 12.5. The minimum atomic E-state index is -0.293. The Morgan fingerprint density at radius 3 is 2.65 bits per heavy atom. The highest BCUT2D eigenvalue weighted by Gasteiger charge is 2.32. The molecule has 0 fully saturated rings. The molecule has 0 aliphatic heterocycles. The summed E-state index contributed by atoms with van der Waals surface area (Å²) in [6.45, 7) is 0.368. The van der Waals surface area contributed by atoms with Gasteiger partial charge in [0, 0.05) is 22.8 Å². The molecule has 0 saturated carbocycles. The average Bonchev–Trinajstić information content (AvgIpc) is 3.17. The monoisotopic (exact) mass is 404 g/mol. The zero-order valence-corrected chi connectivity index (χ0v) is 15.6. The highest BCUT2D eigenvalue weighted by Crippen LogP contribution is 2.25. The number of fused-ring (bicyclic) bond motifs is 1. The Labute approximate surface area is 162 Å². The van der Waals surface area contributed by atoms with Crippen LogP contribution in [0.4, 0.5) is 0 Å². The Hall–Kier alpha value is -2.41. The van der Waals surface area contributed by atoms with Gasteiger partial charge in [0.2, 0.25) is 5.78 Å². The molecule has 130 valence electrons. The van der Waals surface area contributed by atoms with Gasteiger partial charge in [-0.15, -0.1) is 11.3 Å². The number of pyridine rings is 1. The molecule has 4 rings (SSSR count). The number of aromatic nitrogens is 3. The molecular formula is C18H12Cl2N3O2S+. The zero-order chi connectivity index (χ0) is 18.3. The SMILES string of the molecule is O=C(c1ccc(Cl)cc1)c1c(O)[n+]2ccccc2n1Cc1cnc(Cl)s1. The Kier molecular flexibility index (Phi) is 4.40. The van der Waals surface area contributed by atoms with Gasteiger partial charge >= 0.3 is 5.88 Å². The number of carbonyl (C=O) groups is 1. The lowest BCUT2D eigenvalue weighted by Gasteiger charge is -2.01. The molecule has 0 amide bonds. The summed E-state index contributed by atoms with van der Waals surface area (Å²) in [6.07, 6.45) is 3.37. The number of ketones is 1. The molecule has 8 heteroatoms. The lowest BCUT2D eigenvalue weighted by atomic mass is 10.1. The minimum Gasteiger partial charge on any atom is -0.474 e. The van der Waals surface area contributed by atoms with Crippen molar-refractivity contribution in [1.82, 2.24) is 9.55 Å². The van der Waals surface area contributed by atoms with E-state index in [-0.39, 0.29) is 17.4 Å². The number of benzene rings is 1. The van der Waals surface area contributed by atoms with Gasteiger partial charge < -0.3 is 5.11 Å². The summed E-state index contributed by atoms with van der Waals surface area (Å²) >= 11 is 13.2. The Morgan fingerprint density at radius 2 is 1.96 bits per heavy atom. The second-order valence-electron chi connectivity index (χ2n) is 5.60. The number of nitrogens with zero attached hydrogens (tertiary/aromatic N) is 3. The topological polar surface area (TPSA) is 59.2 Å². The van der Waals surface area contributed by atoms with E-state index in [1.54, 1.807) is 51.7 Å². The molecule has 0 spiro atoms. The molecular weight excluding hydrogens is 393 g/mol. The normalized spacial score (nSPS) is 11.2. The molecule has 0 bridgehead atoms. The maximum absolute atomic E-state index is 13.1. The summed E-state index contributed by atoms with van der Waals surface area (Å²) in [6, 6.07) is 12.0. The number of rotatable bonds is 4. The van der Waals surface area contributed by atoms with Crippen LogP contribution in [0.5, 0.6) is 5.88 Å². The van der Waals surface area contributed by atoms with E-state index in [4.69, 9.17) is 23.2 Å². The predicted octanol–water partition coefficient (Wildman–Crippen LogP) is 3.98. The fourth-order valence-corrected chi connectivity index (χ4v) is 3.91. The summed E-state index contributed by atoms with van der Waals surface area (Å²) in [5.41, 5.74) is 1.33. The molecule has 0 saturated heterocycles. The maximum Gasteiger partial charge on any atom is 0.339 e. The highest BCUT2D eigenvalue weighted by atomic mass is 35.5. The van der Waals surface area contributed by atoms with Crippen LogP contribution in [0.25, 0.3) is 5.65 Å². The molecule has 1 aromatic carbocycles. The predicted molar refractivity (Wildman–Crippen MR) is 100 cm³/mol. The fraction of sp³-hybridized carbons (Fsp3) is 0.0556. The van der Waals surface area contributed by atoms with Gasteiger partial charge in [0.25, 0.3) is 11.3 Å². The van der Waals surface area contributed by atoms with Gasteiger partial charge in [-0.1, -0.05) is 29.3 Å². The van der Waals surface area contributed by atoms with Crippen LogP contribution in [0.2, 0.25) is 9.49 Å². The first kappa shape index (κ1) is 17.0. The molecule has 4 aromatic rings. The Bertz CT molecular complexity index is 1120. The second-order valence-corrected chi connectivity index (χ2v) is 7.74. The smallest absolute Gasteiger partial charge is 0.339 e. The van der Waals surface area contributed by atoms with Crippen molar-refractivity contribution < 1.29 is 14.3 Å². The number of hydrogen-bond acceptors (Lipinski definition) is 4. The van der Waals surface area contributed by atoms with Crippen LogP contribution in [-0.4, -0.2) is 20.4 Å². The number of aromatic hydroxyl groups is 1. The van der Waals surface area contributed by atoms with Gasteiger partial charge in [-0.3, -0.25) is 4.79 Å². The van der Waals surface area contributed by atoms with E-state index < -0.39 is 0 Å². The molecule has 0 radical (unpaired) electrons. The first-order valence-electron chi connectivity index (χ1n) is 7.67. The van der Waals surface area contributed by atoms with E-state index in [0.717, 1.165) is 4.88 Å². The van der Waals surface area contributed by atoms with Crippen molar-refractivity contribution >= 4 is 46.0 Å². The molecule has 5 nitrogen and oxygen atoms in total. The van der Waals surface area contributed by atoms with Crippen molar-refractivity contribution in [2.75, 3.05) is 0 Å². The summed E-state index contributed by atoms with van der Waals surface area (Å²) in [5, 5.41) is 11.2. The number of thiazole rings is 1. The van der Waals surface area contributed by atoms with Crippen molar-refractivity contribution in [3.63, 3.8) is 0 Å². The van der Waals surface area contributed by atoms with E-state index in [9.17, 15) is 9.90 Å². The van der Waals surface area contributed by atoms with Crippen molar-refractivity contribution in [3.05, 3.63) is 80.5 Å². The molecule has 26 heavy (non-hydrogen) atoms. The first-order valence-corrected chi connectivity index (χ1v) is 9.24.